The highest BCUT2D eigenvalue weighted by Gasteiger charge is 2.24. The molecule has 0 spiro atoms. The minimum Gasteiger partial charge on any atom is -0.281 e. The Bertz CT molecular complexity index is 134. The van der Waals surface area contributed by atoms with Crippen molar-refractivity contribution in [2.75, 3.05) is 5.33 Å². The van der Waals surface area contributed by atoms with Crippen LogP contribution in [0, 0.1) is 5.41 Å². The molecule has 0 aliphatic carbocycles. The van der Waals surface area contributed by atoms with Gasteiger partial charge in [-0.05, 0) is 24.4 Å². The number of rotatable bonds is 5. The number of carbonyl (C=O) groups excluding carboxylic acids is 1. The lowest BCUT2D eigenvalue weighted by Gasteiger charge is -2.18. The van der Waals surface area contributed by atoms with Gasteiger partial charge in [0.25, 0.3) is 0 Å². The molecule has 0 bridgehead atoms. The smallest absolute Gasteiger partial charge is 0.227 e. The van der Waals surface area contributed by atoms with Crippen LogP contribution in [0.25, 0.3) is 0 Å². The molecule has 0 atom stereocenters. The molecule has 0 aromatic rings. The second kappa shape index (κ2) is 5.15. The molecule has 1 nitrogen and oxygen atoms in total. The van der Waals surface area contributed by atoms with Crippen molar-refractivity contribution in [2.45, 2.75) is 33.1 Å². The summed E-state index contributed by atoms with van der Waals surface area (Å²) in [5.74, 6) is 0. The molecule has 0 N–H and O–H groups in total. The van der Waals surface area contributed by atoms with Gasteiger partial charge in [0, 0.05) is 10.7 Å². The first-order valence-corrected chi connectivity index (χ1v) is 5.26. The molecule has 0 aromatic heterocycles. The fourth-order valence-electron chi connectivity index (χ4n) is 0.760. The number of hydrogen-bond acceptors (Lipinski definition) is 1. The van der Waals surface area contributed by atoms with Crippen molar-refractivity contribution in [1.29, 1.82) is 0 Å². The summed E-state index contributed by atoms with van der Waals surface area (Å²) in [6.45, 7) is 3.77. The van der Waals surface area contributed by atoms with Gasteiger partial charge in [-0.3, -0.25) is 4.79 Å². The first-order chi connectivity index (χ1) is 5.00. The van der Waals surface area contributed by atoms with Gasteiger partial charge in [-0.15, -0.1) is 0 Å². The van der Waals surface area contributed by atoms with E-state index in [9.17, 15) is 4.79 Å². The summed E-state index contributed by atoms with van der Waals surface area (Å²) < 4.78 is 0. The maximum Gasteiger partial charge on any atom is 0.227 e. The van der Waals surface area contributed by atoms with Crippen LogP contribution in [0.2, 0.25) is 0 Å². The monoisotopic (exact) mass is 240 g/mol. The number of carbonyl (C=O) groups is 1. The highest BCUT2D eigenvalue weighted by Crippen LogP contribution is 2.26. The van der Waals surface area contributed by atoms with Crippen molar-refractivity contribution < 1.29 is 4.79 Å². The second-order valence-corrected chi connectivity index (χ2v) is 4.44. The topological polar surface area (TPSA) is 17.1 Å². The Balaban J connectivity index is 3.64. The average molecular weight is 242 g/mol. The van der Waals surface area contributed by atoms with Crippen molar-refractivity contribution in [1.82, 2.24) is 0 Å². The van der Waals surface area contributed by atoms with Gasteiger partial charge >= 0.3 is 0 Å². The van der Waals surface area contributed by atoms with E-state index in [1.807, 2.05) is 13.8 Å². The highest BCUT2D eigenvalue weighted by molar-refractivity contribution is 9.09. The Morgan fingerprint density at radius 2 is 2.00 bits per heavy atom. The lowest BCUT2D eigenvalue weighted by atomic mass is 9.89. The van der Waals surface area contributed by atoms with E-state index in [-0.39, 0.29) is 10.7 Å². The Morgan fingerprint density at radius 1 is 1.45 bits per heavy atom. The predicted octanol–water partition coefficient (Wildman–Crippen LogP) is 3.34. The van der Waals surface area contributed by atoms with Crippen molar-refractivity contribution >= 4 is 32.8 Å². The van der Waals surface area contributed by atoms with E-state index in [4.69, 9.17) is 11.6 Å². The molecule has 66 valence electrons. The zero-order chi connectivity index (χ0) is 8.91. The van der Waals surface area contributed by atoms with E-state index in [0.717, 1.165) is 24.6 Å². The summed E-state index contributed by atoms with van der Waals surface area (Å²) in [6.07, 6.45) is 3.03. The van der Waals surface area contributed by atoms with E-state index in [0.29, 0.717) is 0 Å². The van der Waals surface area contributed by atoms with Crippen molar-refractivity contribution in [3.05, 3.63) is 0 Å². The van der Waals surface area contributed by atoms with Crippen LogP contribution >= 0.6 is 27.5 Å². The molecule has 0 radical (unpaired) electrons. The van der Waals surface area contributed by atoms with Crippen molar-refractivity contribution in [3.63, 3.8) is 0 Å². The molecule has 0 amide bonds. The molecular weight excluding hydrogens is 227 g/mol. The molecule has 0 aromatic carbocycles. The summed E-state index contributed by atoms with van der Waals surface area (Å²) in [6, 6.07) is 0. The summed E-state index contributed by atoms with van der Waals surface area (Å²) >= 11 is 8.73. The van der Waals surface area contributed by atoms with Gasteiger partial charge in [0.05, 0.1) is 0 Å². The molecule has 3 heteroatoms. The van der Waals surface area contributed by atoms with Crippen molar-refractivity contribution in [2.24, 2.45) is 5.41 Å². The summed E-state index contributed by atoms with van der Waals surface area (Å²) in [5, 5.41) is 0.770. The van der Waals surface area contributed by atoms with Gasteiger partial charge in [0.15, 0.2) is 0 Å². The van der Waals surface area contributed by atoms with Crippen LogP contribution in [0.15, 0.2) is 0 Å². The Hall–Kier alpha value is 0.440. The van der Waals surface area contributed by atoms with Crippen LogP contribution in [0.4, 0.5) is 0 Å². The first kappa shape index (κ1) is 11.4. The third kappa shape index (κ3) is 4.81. The first-order valence-electron chi connectivity index (χ1n) is 3.76. The molecule has 0 fully saturated rings. The molecule has 0 aliphatic heterocycles. The van der Waals surface area contributed by atoms with E-state index < -0.39 is 0 Å². The van der Waals surface area contributed by atoms with Crippen LogP contribution in [-0.4, -0.2) is 10.6 Å². The molecule has 0 unspecified atom stereocenters. The van der Waals surface area contributed by atoms with Gasteiger partial charge in [-0.1, -0.05) is 36.2 Å². The molecule has 0 rings (SSSR count). The summed E-state index contributed by atoms with van der Waals surface area (Å²) in [5.41, 5.74) is -0.344. The number of hydrogen-bond donors (Lipinski definition) is 0. The molecule has 0 aliphatic rings. The van der Waals surface area contributed by atoms with Crippen LogP contribution in [0.3, 0.4) is 0 Å². The van der Waals surface area contributed by atoms with Gasteiger partial charge in [-0.2, -0.15) is 0 Å². The summed E-state index contributed by atoms with van der Waals surface area (Å²) in [7, 11) is 0. The van der Waals surface area contributed by atoms with Crippen LogP contribution < -0.4 is 0 Å². The van der Waals surface area contributed by atoms with Crippen LogP contribution in [0.1, 0.15) is 33.1 Å². The SMILES string of the molecule is CC(C)(CCCCBr)C(=O)Cl. The molecule has 0 heterocycles. The fourth-order valence-corrected chi connectivity index (χ4v) is 1.25. The second-order valence-electron chi connectivity index (χ2n) is 3.30. The Labute approximate surface area is 81.6 Å². The zero-order valence-corrected chi connectivity index (χ0v) is 9.33. The fraction of sp³-hybridized carbons (Fsp3) is 0.875. The van der Waals surface area contributed by atoms with Gasteiger partial charge in [0.1, 0.15) is 0 Å². The third-order valence-electron chi connectivity index (χ3n) is 1.72. The lowest BCUT2D eigenvalue weighted by molar-refractivity contribution is -0.119. The molecule has 0 saturated heterocycles. The lowest BCUT2D eigenvalue weighted by Crippen LogP contribution is -2.19. The number of alkyl halides is 1. The third-order valence-corrected chi connectivity index (χ3v) is 2.79. The van der Waals surface area contributed by atoms with E-state index in [1.165, 1.54) is 0 Å². The largest absolute Gasteiger partial charge is 0.281 e. The number of unbranched alkanes of at least 4 members (excludes halogenated alkanes) is 1. The Kier molecular flexibility index (Phi) is 5.36. The standard InChI is InChI=1S/C8H14BrClO/c1-8(2,7(10)11)5-3-4-6-9/h3-6H2,1-2H3. The minimum absolute atomic E-state index is 0.230. The van der Waals surface area contributed by atoms with E-state index in [2.05, 4.69) is 15.9 Å². The summed E-state index contributed by atoms with van der Waals surface area (Å²) in [4.78, 5) is 10.8. The van der Waals surface area contributed by atoms with Crippen molar-refractivity contribution in [3.8, 4) is 0 Å². The quantitative estimate of drug-likeness (QED) is 0.410. The Morgan fingerprint density at radius 3 is 2.36 bits per heavy atom. The van der Waals surface area contributed by atoms with Crippen LogP contribution in [-0.2, 0) is 4.79 Å². The zero-order valence-electron chi connectivity index (χ0n) is 6.99. The maximum absolute atomic E-state index is 10.8. The average Bonchev–Trinajstić information content (AvgIpc) is 1.88. The minimum atomic E-state index is -0.344. The van der Waals surface area contributed by atoms with E-state index in [1.54, 1.807) is 0 Å². The number of halogens is 2. The van der Waals surface area contributed by atoms with E-state index >= 15 is 0 Å². The maximum atomic E-state index is 10.8. The predicted molar refractivity (Wildman–Crippen MR) is 52.3 cm³/mol. The molecule has 0 saturated carbocycles. The van der Waals surface area contributed by atoms with Gasteiger partial charge in [0.2, 0.25) is 5.24 Å². The molecule has 11 heavy (non-hydrogen) atoms. The van der Waals surface area contributed by atoms with Gasteiger partial charge in [-0.25, -0.2) is 0 Å². The highest BCUT2D eigenvalue weighted by atomic mass is 79.9. The van der Waals surface area contributed by atoms with Crippen LogP contribution in [0.5, 0.6) is 0 Å². The normalized spacial score (nSPS) is 11.6. The van der Waals surface area contributed by atoms with Gasteiger partial charge < -0.3 is 0 Å². The molecular formula is C8H14BrClO.